The van der Waals surface area contributed by atoms with Crippen LogP contribution in [-0.4, -0.2) is 32.6 Å². The maximum Gasteiger partial charge on any atom is 0.264 e. The highest BCUT2D eigenvalue weighted by Gasteiger charge is 2.23. The van der Waals surface area contributed by atoms with E-state index in [1.54, 1.807) is 38.4 Å². The smallest absolute Gasteiger partial charge is 0.264 e. The number of likely N-dealkylation sites (N-methyl/N-ethyl adjacent to an activating group) is 1. The van der Waals surface area contributed by atoms with Crippen molar-refractivity contribution in [2.45, 2.75) is 6.92 Å². The molecular formula is C18H18N2O4. The normalized spacial score (nSPS) is 13.1. The largest absolute Gasteiger partial charge is 0.495 e. The molecule has 0 fully saturated rings. The van der Waals surface area contributed by atoms with Gasteiger partial charge in [-0.05, 0) is 42.8 Å². The molecule has 1 aliphatic heterocycles. The molecule has 6 nitrogen and oxygen atoms in total. The second-order valence-electron chi connectivity index (χ2n) is 5.58. The summed E-state index contributed by atoms with van der Waals surface area (Å²) in [7, 11) is 3.21. The monoisotopic (exact) mass is 326 g/mol. The van der Waals surface area contributed by atoms with Gasteiger partial charge in [0.15, 0.2) is 6.61 Å². The molecule has 1 aliphatic rings. The van der Waals surface area contributed by atoms with Crippen LogP contribution >= 0.6 is 0 Å². The summed E-state index contributed by atoms with van der Waals surface area (Å²) in [5, 5.41) is 2.84. The van der Waals surface area contributed by atoms with Crippen molar-refractivity contribution in [2.75, 3.05) is 31.0 Å². The fourth-order valence-electron chi connectivity index (χ4n) is 2.53. The number of methoxy groups -OCH3 is 1. The van der Waals surface area contributed by atoms with Crippen LogP contribution in [0.5, 0.6) is 11.5 Å². The van der Waals surface area contributed by atoms with Crippen LogP contribution in [0.2, 0.25) is 0 Å². The maximum atomic E-state index is 12.6. The minimum Gasteiger partial charge on any atom is -0.495 e. The Kier molecular flexibility index (Phi) is 4.12. The predicted molar refractivity (Wildman–Crippen MR) is 91.0 cm³/mol. The summed E-state index contributed by atoms with van der Waals surface area (Å²) in [4.78, 5) is 25.8. The van der Waals surface area contributed by atoms with Gasteiger partial charge in [0.05, 0.1) is 18.5 Å². The van der Waals surface area contributed by atoms with E-state index in [9.17, 15) is 9.59 Å². The highest BCUT2D eigenvalue weighted by atomic mass is 16.5. The molecule has 0 radical (unpaired) electrons. The summed E-state index contributed by atoms with van der Waals surface area (Å²) in [5.74, 6) is 0.734. The summed E-state index contributed by atoms with van der Waals surface area (Å²) in [5.41, 5.74) is 2.62. The molecule has 0 bridgehead atoms. The van der Waals surface area contributed by atoms with E-state index in [0.717, 1.165) is 5.56 Å². The fraction of sp³-hybridized carbons (Fsp3) is 0.222. The van der Waals surface area contributed by atoms with Crippen molar-refractivity contribution in [1.82, 2.24) is 0 Å². The van der Waals surface area contributed by atoms with Crippen molar-refractivity contribution in [3.05, 3.63) is 47.5 Å². The Morgan fingerprint density at radius 3 is 2.79 bits per heavy atom. The molecular weight excluding hydrogens is 308 g/mol. The van der Waals surface area contributed by atoms with E-state index >= 15 is 0 Å². The van der Waals surface area contributed by atoms with Gasteiger partial charge in [-0.1, -0.05) is 6.07 Å². The Labute approximate surface area is 140 Å². The summed E-state index contributed by atoms with van der Waals surface area (Å²) >= 11 is 0. The van der Waals surface area contributed by atoms with Crippen molar-refractivity contribution in [1.29, 1.82) is 0 Å². The van der Waals surface area contributed by atoms with Crippen LogP contribution < -0.4 is 19.7 Å². The first kappa shape index (κ1) is 15.9. The van der Waals surface area contributed by atoms with Crippen molar-refractivity contribution in [2.24, 2.45) is 0 Å². The lowest BCUT2D eigenvalue weighted by Crippen LogP contribution is -2.35. The van der Waals surface area contributed by atoms with E-state index in [1.165, 1.54) is 4.90 Å². The zero-order chi connectivity index (χ0) is 17.3. The number of anilines is 2. The third-order valence-electron chi connectivity index (χ3n) is 3.91. The van der Waals surface area contributed by atoms with Crippen LogP contribution in [0, 0.1) is 6.92 Å². The van der Waals surface area contributed by atoms with Gasteiger partial charge in [0.1, 0.15) is 11.5 Å². The number of carbonyl (C=O) groups excluding carboxylic acids is 2. The molecule has 3 rings (SSSR count). The van der Waals surface area contributed by atoms with E-state index in [4.69, 9.17) is 9.47 Å². The maximum absolute atomic E-state index is 12.6. The SMILES string of the molecule is COc1ccc(C)cc1NC(=O)c1ccc2c(c1)N(C)C(=O)CO2. The zero-order valence-corrected chi connectivity index (χ0v) is 13.8. The van der Waals surface area contributed by atoms with Crippen LogP contribution in [0.1, 0.15) is 15.9 Å². The van der Waals surface area contributed by atoms with Gasteiger partial charge in [0.2, 0.25) is 0 Å². The van der Waals surface area contributed by atoms with Gasteiger partial charge in [-0.2, -0.15) is 0 Å². The highest BCUT2D eigenvalue weighted by Crippen LogP contribution is 2.32. The molecule has 2 amide bonds. The lowest BCUT2D eigenvalue weighted by Gasteiger charge is -2.26. The minimum atomic E-state index is -0.284. The average Bonchev–Trinajstić information content (AvgIpc) is 2.58. The Morgan fingerprint density at radius 1 is 1.25 bits per heavy atom. The molecule has 0 aliphatic carbocycles. The van der Waals surface area contributed by atoms with Crippen LogP contribution in [0.25, 0.3) is 0 Å². The molecule has 1 N–H and O–H groups in total. The standard InChI is InChI=1S/C18H18N2O4/c1-11-4-6-15(23-3)13(8-11)19-18(22)12-5-7-16-14(9-12)20(2)17(21)10-24-16/h4-9H,10H2,1-3H3,(H,19,22). The zero-order valence-electron chi connectivity index (χ0n) is 13.8. The molecule has 24 heavy (non-hydrogen) atoms. The highest BCUT2D eigenvalue weighted by molar-refractivity contribution is 6.07. The molecule has 0 saturated heterocycles. The van der Waals surface area contributed by atoms with Gasteiger partial charge in [0.25, 0.3) is 11.8 Å². The molecule has 1 heterocycles. The first-order chi connectivity index (χ1) is 11.5. The van der Waals surface area contributed by atoms with Gasteiger partial charge >= 0.3 is 0 Å². The number of nitrogens with zero attached hydrogens (tertiary/aromatic N) is 1. The Bertz CT molecular complexity index is 817. The average molecular weight is 326 g/mol. The molecule has 0 aromatic heterocycles. The Balaban J connectivity index is 1.89. The van der Waals surface area contributed by atoms with Crippen LogP contribution in [0.15, 0.2) is 36.4 Å². The molecule has 2 aromatic rings. The third kappa shape index (κ3) is 2.90. The number of fused-ring (bicyclic) bond motifs is 1. The van der Waals surface area contributed by atoms with Gasteiger partial charge in [-0.3, -0.25) is 9.59 Å². The van der Waals surface area contributed by atoms with E-state index < -0.39 is 0 Å². The number of rotatable bonds is 3. The number of hydrogen-bond donors (Lipinski definition) is 1. The van der Waals surface area contributed by atoms with Crippen LogP contribution in [0.3, 0.4) is 0 Å². The first-order valence-corrected chi connectivity index (χ1v) is 7.49. The molecule has 124 valence electrons. The number of carbonyl (C=O) groups is 2. The third-order valence-corrected chi connectivity index (χ3v) is 3.91. The lowest BCUT2D eigenvalue weighted by atomic mass is 10.1. The topological polar surface area (TPSA) is 67.9 Å². The minimum absolute atomic E-state index is 0.00946. The number of amides is 2. The molecule has 0 atom stereocenters. The summed E-state index contributed by atoms with van der Waals surface area (Å²) in [6.07, 6.45) is 0. The van der Waals surface area contributed by atoms with Gasteiger partial charge < -0.3 is 19.7 Å². The van der Waals surface area contributed by atoms with E-state index in [-0.39, 0.29) is 18.4 Å². The fourth-order valence-corrected chi connectivity index (χ4v) is 2.53. The van der Waals surface area contributed by atoms with Crippen LogP contribution in [0.4, 0.5) is 11.4 Å². The first-order valence-electron chi connectivity index (χ1n) is 7.49. The Hall–Kier alpha value is -3.02. The number of benzene rings is 2. The van der Waals surface area contributed by atoms with E-state index in [0.29, 0.717) is 28.4 Å². The van der Waals surface area contributed by atoms with Crippen LogP contribution in [-0.2, 0) is 4.79 Å². The number of aryl methyl sites for hydroxylation is 1. The Morgan fingerprint density at radius 2 is 2.04 bits per heavy atom. The van der Waals surface area contributed by atoms with Crippen molar-refractivity contribution in [3.63, 3.8) is 0 Å². The second-order valence-corrected chi connectivity index (χ2v) is 5.58. The second kappa shape index (κ2) is 6.23. The predicted octanol–water partition coefficient (Wildman–Crippen LogP) is 2.61. The summed E-state index contributed by atoms with van der Waals surface area (Å²) in [6.45, 7) is 1.95. The lowest BCUT2D eigenvalue weighted by molar-refractivity contribution is -0.120. The van der Waals surface area contributed by atoms with Gasteiger partial charge in [-0.25, -0.2) is 0 Å². The number of nitrogens with one attached hydrogen (secondary N) is 1. The van der Waals surface area contributed by atoms with Gasteiger partial charge in [-0.15, -0.1) is 0 Å². The summed E-state index contributed by atoms with van der Waals surface area (Å²) < 4.78 is 10.6. The number of ether oxygens (including phenoxy) is 2. The van der Waals surface area contributed by atoms with Crippen molar-refractivity contribution in [3.8, 4) is 11.5 Å². The van der Waals surface area contributed by atoms with E-state index in [1.807, 2.05) is 19.1 Å². The number of hydrogen-bond acceptors (Lipinski definition) is 4. The summed E-state index contributed by atoms with van der Waals surface area (Å²) in [6, 6.07) is 10.6. The quantitative estimate of drug-likeness (QED) is 0.941. The van der Waals surface area contributed by atoms with Gasteiger partial charge in [0, 0.05) is 12.6 Å². The van der Waals surface area contributed by atoms with Crippen molar-refractivity contribution < 1.29 is 19.1 Å². The molecule has 0 spiro atoms. The molecule has 0 saturated carbocycles. The van der Waals surface area contributed by atoms with E-state index in [2.05, 4.69) is 5.32 Å². The molecule has 0 unspecified atom stereocenters. The molecule has 2 aromatic carbocycles. The molecule has 6 heteroatoms. The van der Waals surface area contributed by atoms with Crippen molar-refractivity contribution >= 4 is 23.2 Å².